The Hall–Kier alpha value is -2.74. The number of hydrogen-bond acceptors (Lipinski definition) is 7. The average molecular weight is 342 g/mol. The summed E-state index contributed by atoms with van der Waals surface area (Å²) in [6, 6.07) is 7.70. The number of nitrogens with zero attached hydrogens (tertiary/aromatic N) is 5. The number of pyridine rings is 1. The first-order valence-electron chi connectivity index (χ1n) is 8.21. The number of carbonyl (C=O) groups excluding carboxylic acids is 1. The van der Waals surface area contributed by atoms with Gasteiger partial charge >= 0.3 is 0 Å². The second kappa shape index (κ2) is 7.89. The number of methoxy groups -OCH3 is 1. The van der Waals surface area contributed by atoms with Crippen molar-refractivity contribution >= 4 is 23.4 Å². The van der Waals surface area contributed by atoms with Gasteiger partial charge in [-0.15, -0.1) is 10.2 Å². The minimum atomic E-state index is 0.0263. The van der Waals surface area contributed by atoms with Crippen LogP contribution in [0.2, 0.25) is 0 Å². The molecule has 0 spiro atoms. The Bertz CT molecular complexity index is 696. The fourth-order valence-electron chi connectivity index (χ4n) is 2.63. The zero-order valence-electron chi connectivity index (χ0n) is 14.5. The van der Waals surface area contributed by atoms with E-state index in [-0.39, 0.29) is 12.5 Å². The number of rotatable bonds is 5. The third-order valence-corrected chi connectivity index (χ3v) is 4.04. The molecule has 2 aromatic heterocycles. The first-order valence-corrected chi connectivity index (χ1v) is 8.21. The minimum Gasteiger partial charge on any atom is -0.375 e. The Labute approximate surface area is 146 Å². The predicted octanol–water partition coefficient (Wildman–Crippen LogP) is 1.22. The largest absolute Gasteiger partial charge is 0.375 e. The van der Waals surface area contributed by atoms with Crippen molar-refractivity contribution in [1.29, 1.82) is 0 Å². The van der Waals surface area contributed by atoms with Crippen LogP contribution >= 0.6 is 0 Å². The van der Waals surface area contributed by atoms with E-state index in [2.05, 4.69) is 25.4 Å². The lowest BCUT2D eigenvalue weighted by atomic mass is 10.3. The highest BCUT2D eigenvalue weighted by molar-refractivity contribution is 5.77. The smallest absolute Gasteiger partial charge is 0.248 e. The summed E-state index contributed by atoms with van der Waals surface area (Å²) in [5.41, 5.74) is 1.11. The third kappa shape index (κ3) is 4.42. The van der Waals surface area contributed by atoms with E-state index in [1.807, 2.05) is 36.1 Å². The molecule has 3 heterocycles. The molecule has 8 heteroatoms. The Morgan fingerprint density at radius 2 is 1.88 bits per heavy atom. The quantitative estimate of drug-likeness (QED) is 0.874. The molecular formula is C17H22N6O2. The highest BCUT2D eigenvalue weighted by Gasteiger charge is 2.21. The van der Waals surface area contributed by atoms with Gasteiger partial charge in [0.15, 0.2) is 11.6 Å². The van der Waals surface area contributed by atoms with Gasteiger partial charge < -0.3 is 19.9 Å². The van der Waals surface area contributed by atoms with E-state index in [1.165, 1.54) is 7.11 Å². The van der Waals surface area contributed by atoms with Gasteiger partial charge in [0, 0.05) is 39.5 Å². The normalized spacial score (nSPS) is 14.5. The van der Waals surface area contributed by atoms with Gasteiger partial charge in [-0.05, 0) is 30.7 Å². The molecule has 0 aromatic carbocycles. The molecule has 1 aliphatic heterocycles. The van der Waals surface area contributed by atoms with Gasteiger partial charge in [0.1, 0.15) is 12.4 Å². The molecule has 0 unspecified atom stereocenters. The fourth-order valence-corrected chi connectivity index (χ4v) is 2.63. The van der Waals surface area contributed by atoms with Crippen molar-refractivity contribution in [2.24, 2.45) is 0 Å². The van der Waals surface area contributed by atoms with Crippen LogP contribution in [-0.2, 0) is 9.53 Å². The predicted molar refractivity (Wildman–Crippen MR) is 95.0 cm³/mol. The van der Waals surface area contributed by atoms with Crippen molar-refractivity contribution < 1.29 is 9.53 Å². The van der Waals surface area contributed by atoms with Crippen LogP contribution in [-0.4, -0.2) is 65.9 Å². The van der Waals surface area contributed by atoms with Crippen LogP contribution in [0.25, 0.3) is 0 Å². The fraction of sp³-hybridized carbons (Fsp3) is 0.412. The molecule has 8 nitrogen and oxygen atoms in total. The van der Waals surface area contributed by atoms with Gasteiger partial charge in [0.25, 0.3) is 0 Å². The van der Waals surface area contributed by atoms with E-state index in [0.717, 1.165) is 30.3 Å². The van der Waals surface area contributed by atoms with Crippen LogP contribution in [0.5, 0.6) is 0 Å². The van der Waals surface area contributed by atoms with Gasteiger partial charge in [-0.2, -0.15) is 0 Å². The van der Waals surface area contributed by atoms with Crippen LogP contribution in [0.1, 0.15) is 5.56 Å². The van der Waals surface area contributed by atoms with Crippen molar-refractivity contribution in [2.75, 3.05) is 50.1 Å². The average Bonchev–Trinajstić information content (AvgIpc) is 2.65. The molecule has 0 aliphatic carbocycles. The maximum absolute atomic E-state index is 11.8. The number of nitrogens with one attached hydrogen (secondary N) is 1. The van der Waals surface area contributed by atoms with Gasteiger partial charge in [0.2, 0.25) is 5.91 Å². The third-order valence-electron chi connectivity index (χ3n) is 4.04. The van der Waals surface area contributed by atoms with Crippen LogP contribution in [0.4, 0.5) is 17.5 Å². The summed E-state index contributed by atoms with van der Waals surface area (Å²) in [4.78, 5) is 20.0. The summed E-state index contributed by atoms with van der Waals surface area (Å²) in [6.45, 7) is 4.92. The lowest BCUT2D eigenvalue weighted by Gasteiger charge is -2.35. The second-order valence-corrected chi connectivity index (χ2v) is 5.92. The zero-order valence-corrected chi connectivity index (χ0v) is 14.5. The van der Waals surface area contributed by atoms with Crippen molar-refractivity contribution in [3.63, 3.8) is 0 Å². The number of ether oxygens (including phenoxy) is 1. The summed E-state index contributed by atoms with van der Waals surface area (Å²) in [6.07, 6.45) is 1.80. The number of anilines is 3. The summed E-state index contributed by atoms with van der Waals surface area (Å²) in [5, 5.41) is 11.6. The molecule has 1 aliphatic rings. The minimum absolute atomic E-state index is 0.0263. The van der Waals surface area contributed by atoms with E-state index in [9.17, 15) is 4.79 Å². The van der Waals surface area contributed by atoms with Crippen molar-refractivity contribution in [3.05, 3.63) is 36.0 Å². The Kier molecular flexibility index (Phi) is 5.39. The Balaban J connectivity index is 1.56. The Morgan fingerprint density at radius 3 is 2.48 bits per heavy atom. The van der Waals surface area contributed by atoms with Gasteiger partial charge in [-0.3, -0.25) is 4.79 Å². The van der Waals surface area contributed by atoms with Crippen molar-refractivity contribution in [2.45, 2.75) is 6.92 Å². The number of aryl methyl sites for hydroxylation is 1. The molecule has 2 aromatic rings. The number of carbonyl (C=O) groups is 1. The van der Waals surface area contributed by atoms with E-state index < -0.39 is 0 Å². The lowest BCUT2D eigenvalue weighted by molar-refractivity contribution is -0.135. The lowest BCUT2D eigenvalue weighted by Crippen LogP contribution is -2.50. The van der Waals surface area contributed by atoms with Crippen LogP contribution in [0.15, 0.2) is 30.5 Å². The van der Waals surface area contributed by atoms with Crippen molar-refractivity contribution in [3.8, 4) is 0 Å². The maximum atomic E-state index is 11.8. The van der Waals surface area contributed by atoms with E-state index in [0.29, 0.717) is 18.9 Å². The van der Waals surface area contributed by atoms with Crippen molar-refractivity contribution in [1.82, 2.24) is 20.1 Å². The van der Waals surface area contributed by atoms with Crippen LogP contribution in [0.3, 0.4) is 0 Å². The first kappa shape index (κ1) is 17.1. The number of piperazine rings is 1. The molecule has 132 valence electrons. The molecule has 1 amide bonds. The number of hydrogen-bond donors (Lipinski definition) is 1. The topological polar surface area (TPSA) is 83.5 Å². The van der Waals surface area contributed by atoms with Gasteiger partial charge in [0.05, 0.1) is 0 Å². The number of aromatic nitrogens is 3. The second-order valence-electron chi connectivity index (χ2n) is 5.92. The standard InChI is InChI=1S/C17H22N6O2/c1-13-3-4-14(18-11-13)19-15-5-6-16(21-20-15)22-7-9-23(10-8-22)17(24)12-25-2/h3-6,11H,7-10,12H2,1-2H3,(H,18,19,20). The molecule has 0 atom stereocenters. The first-order chi connectivity index (χ1) is 12.2. The molecular weight excluding hydrogens is 320 g/mol. The van der Waals surface area contributed by atoms with Crippen LogP contribution < -0.4 is 10.2 Å². The van der Waals surface area contributed by atoms with Gasteiger partial charge in [-0.1, -0.05) is 6.07 Å². The Morgan fingerprint density at radius 1 is 1.12 bits per heavy atom. The highest BCUT2D eigenvalue weighted by Crippen LogP contribution is 2.16. The van der Waals surface area contributed by atoms with E-state index >= 15 is 0 Å². The molecule has 0 radical (unpaired) electrons. The SMILES string of the molecule is COCC(=O)N1CCN(c2ccc(Nc3ccc(C)cn3)nn2)CC1. The summed E-state index contributed by atoms with van der Waals surface area (Å²) in [5.74, 6) is 2.21. The maximum Gasteiger partial charge on any atom is 0.248 e. The summed E-state index contributed by atoms with van der Waals surface area (Å²) < 4.78 is 4.90. The molecule has 1 fully saturated rings. The van der Waals surface area contributed by atoms with Gasteiger partial charge in [-0.25, -0.2) is 4.98 Å². The molecule has 0 bridgehead atoms. The monoisotopic (exact) mass is 342 g/mol. The summed E-state index contributed by atoms with van der Waals surface area (Å²) >= 11 is 0. The molecule has 3 rings (SSSR count). The number of amides is 1. The molecule has 0 saturated carbocycles. The summed E-state index contributed by atoms with van der Waals surface area (Å²) in [7, 11) is 1.53. The van der Waals surface area contributed by atoms with E-state index in [1.54, 1.807) is 6.20 Å². The highest BCUT2D eigenvalue weighted by atomic mass is 16.5. The van der Waals surface area contributed by atoms with Crippen LogP contribution in [0, 0.1) is 6.92 Å². The molecule has 25 heavy (non-hydrogen) atoms. The van der Waals surface area contributed by atoms with E-state index in [4.69, 9.17) is 4.74 Å². The molecule has 1 N–H and O–H groups in total. The zero-order chi connectivity index (χ0) is 17.6. The molecule has 1 saturated heterocycles.